The van der Waals surface area contributed by atoms with E-state index in [0.29, 0.717) is 17.9 Å². The van der Waals surface area contributed by atoms with Crippen molar-refractivity contribution in [1.29, 1.82) is 0 Å². The van der Waals surface area contributed by atoms with Crippen LogP contribution in [-0.2, 0) is 0 Å². The lowest BCUT2D eigenvalue weighted by Crippen LogP contribution is -2.28. The van der Waals surface area contributed by atoms with E-state index in [1.54, 1.807) is 7.11 Å². The number of hydrogen-bond acceptors (Lipinski definition) is 2. The van der Waals surface area contributed by atoms with E-state index in [1.807, 2.05) is 24.3 Å². The predicted molar refractivity (Wildman–Crippen MR) is 67.3 cm³/mol. The van der Waals surface area contributed by atoms with E-state index in [-0.39, 0.29) is 0 Å². The fourth-order valence-electron chi connectivity index (χ4n) is 3.03. The summed E-state index contributed by atoms with van der Waals surface area (Å²) in [6.45, 7) is 2.29. The second-order valence-electron chi connectivity index (χ2n) is 5.07. The van der Waals surface area contributed by atoms with E-state index in [1.165, 1.54) is 6.42 Å². The molecule has 1 saturated carbocycles. The molecule has 2 bridgehead atoms. The molecule has 4 atom stereocenters. The molecule has 1 aromatic rings. The van der Waals surface area contributed by atoms with E-state index in [0.717, 1.165) is 17.4 Å². The highest BCUT2D eigenvalue weighted by molar-refractivity contribution is 5.31. The zero-order chi connectivity index (χ0) is 11.8. The fourth-order valence-corrected chi connectivity index (χ4v) is 3.03. The van der Waals surface area contributed by atoms with Crippen LogP contribution in [0.25, 0.3) is 0 Å². The molecule has 1 aromatic carbocycles. The van der Waals surface area contributed by atoms with Crippen molar-refractivity contribution in [3.63, 3.8) is 0 Å². The number of benzene rings is 1. The van der Waals surface area contributed by atoms with Crippen molar-refractivity contribution in [2.75, 3.05) is 7.11 Å². The lowest BCUT2D eigenvalue weighted by atomic mass is 9.93. The first-order chi connectivity index (χ1) is 8.28. The molecule has 2 heteroatoms. The standard InChI is InChI=1S/C15H18O2/c1-10-11-3-4-12(9-11)15(10)17-14-7-5-13(16-2)6-8-14/h3-8,10-12,15H,9H2,1-2H3/t10-,11+,12-,15+/m1/s1. The van der Waals surface area contributed by atoms with Gasteiger partial charge in [0.15, 0.2) is 0 Å². The Bertz CT molecular complexity index is 421. The quantitative estimate of drug-likeness (QED) is 0.742. The smallest absolute Gasteiger partial charge is 0.120 e. The van der Waals surface area contributed by atoms with Crippen molar-refractivity contribution >= 4 is 0 Å². The zero-order valence-electron chi connectivity index (χ0n) is 10.3. The molecule has 2 nitrogen and oxygen atoms in total. The van der Waals surface area contributed by atoms with Gasteiger partial charge in [-0.15, -0.1) is 0 Å². The monoisotopic (exact) mass is 230 g/mol. The van der Waals surface area contributed by atoms with E-state index in [2.05, 4.69) is 19.1 Å². The molecule has 90 valence electrons. The largest absolute Gasteiger partial charge is 0.497 e. The van der Waals surface area contributed by atoms with E-state index in [9.17, 15) is 0 Å². The van der Waals surface area contributed by atoms with Gasteiger partial charge in [0.25, 0.3) is 0 Å². The van der Waals surface area contributed by atoms with Gasteiger partial charge in [0.1, 0.15) is 17.6 Å². The number of fused-ring (bicyclic) bond motifs is 2. The molecular formula is C15H18O2. The number of hydrogen-bond donors (Lipinski definition) is 0. The zero-order valence-corrected chi connectivity index (χ0v) is 10.3. The summed E-state index contributed by atoms with van der Waals surface area (Å²) in [7, 11) is 1.68. The Balaban J connectivity index is 1.72. The third-order valence-electron chi connectivity index (χ3n) is 4.10. The average molecular weight is 230 g/mol. The van der Waals surface area contributed by atoms with Crippen molar-refractivity contribution in [2.24, 2.45) is 17.8 Å². The van der Waals surface area contributed by atoms with Crippen LogP contribution in [0.1, 0.15) is 13.3 Å². The molecule has 1 fully saturated rings. The van der Waals surface area contributed by atoms with E-state index >= 15 is 0 Å². The second-order valence-corrected chi connectivity index (χ2v) is 5.07. The van der Waals surface area contributed by atoms with Gasteiger partial charge >= 0.3 is 0 Å². The Morgan fingerprint density at radius 2 is 1.65 bits per heavy atom. The molecule has 0 aliphatic heterocycles. The molecular weight excluding hydrogens is 212 g/mol. The highest BCUT2D eigenvalue weighted by Gasteiger charge is 2.43. The van der Waals surface area contributed by atoms with Crippen molar-refractivity contribution in [3.05, 3.63) is 36.4 Å². The van der Waals surface area contributed by atoms with Crippen LogP contribution < -0.4 is 9.47 Å². The molecule has 0 spiro atoms. The highest BCUT2D eigenvalue weighted by Crippen LogP contribution is 2.45. The van der Waals surface area contributed by atoms with Crippen LogP contribution in [0.4, 0.5) is 0 Å². The molecule has 0 radical (unpaired) electrons. The molecule has 0 heterocycles. The molecule has 0 unspecified atom stereocenters. The molecule has 0 amide bonds. The summed E-state index contributed by atoms with van der Waals surface area (Å²) in [4.78, 5) is 0. The SMILES string of the molecule is COc1ccc(O[C@H]2[C@H](C)[C@H]3C=C[C@@H]2C3)cc1. The number of methoxy groups -OCH3 is 1. The maximum atomic E-state index is 6.11. The molecule has 0 saturated heterocycles. The maximum Gasteiger partial charge on any atom is 0.120 e. The molecule has 3 rings (SSSR count). The minimum absolute atomic E-state index is 0.346. The van der Waals surface area contributed by atoms with Gasteiger partial charge in [-0.25, -0.2) is 0 Å². The van der Waals surface area contributed by atoms with Gasteiger partial charge in [0.05, 0.1) is 7.11 Å². The van der Waals surface area contributed by atoms with Gasteiger partial charge in [-0.05, 0) is 42.5 Å². The van der Waals surface area contributed by atoms with Crippen LogP contribution in [0.3, 0.4) is 0 Å². The summed E-state index contributed by atoms with van der Waals surface area (Å²) < 4.78 is 11.3. The van der Waals surface area contributed by atoms with Gasteiger partial charge in [-0.1, -0.05) is 19.1 Å². The van der Waals surface area contributed by atoms with Gasteiger partial charge in [0.2, 0.25) is 0 Å². The Labute approximate surface area is 102 Å². The molecule has 2 aliphatic carbocycles. The average Bonchev–Trinajstić information content (AvgIpc) is 2.94. The van der Waals surface area contributed by atoms with Gasteiger partial charge in [-0.2, -0.15) is 0 Å². The Morgan fingerprint density at radius 3 is 2.24 bits per heavy atom. The van der Waals surface area contributed by atoms with Crippen LogP contribution in [-0.4, -0.2) is 13.2 Å². The van der Waals surface area contributed by atoms with Crippen molar-refractivity contribution in [2.45, 2.75) is 19.4 Å². The minimum atomic E-state index is 0.346. The number of ether oxygens (including phenoxy) is 2. The van der Waals surface area contributed by atoms with Gasteiger partial charge in [-0.3, -0.25) is 0 Å². The third-order valence-corrected chi connectivity index (χ3v) is 4.10. The first kappa shape index (κ1) is 10.7. The first-order valence-electron chi connectivity index (χ1n) is 6.27. The van der Waals surface area contributed by atoms with Crippen LogP contribution in [0.15, 0.2) is 36.4 Å². The summed E-state index contributed by atoms with van der Waals surface area (Å²) >= 11 is 0. The van der Waals surface area contributed by atoms with Gasteiger partial charge < -0.3 is 9.47 Å². The van der Waals surface area contributed by atoms with Crippen LogP contribution in [0, 0.1) is 17.8 Å². The third kappa shape index (κ3) is 1.82. The number of allylic oxidation sites excluding steroid dienone is 1. The summed E-state index contributed by atoms with van der Waals surface area (Å²) in [5.41, 5.74) is 0. The van der Waals surface area contributed by atoms with Crippen LogP contribution in [0.5, 0.6) is 11.5 Å². The Hall–Kier alpha value is -1.44. The van der Waals surface area contributed by atoms with Crippen molar-refractivity contribution < 1.29 is 9.47 Å². The minimum Gasteiger partial charge on any atom is -0.497 e. The fraction of sp³-hybridized carbons (Fsp3) is 0.467. The summed E-state index contributed by atoms with van der Waals surface area (Å²) in [5, 5.41) is 0. The van der Waals surface area contributed by atoms with Crippen LogP contribution >= 0.6 is 0 Å². The molecule has 17 heavy (non-hydrogen) atoms. The molecule has 0 N–H and O–H groups in total. The first-order valence-corrected chi connectivity index (χ1v) is 6.27. The Kier molecular flexibility index (Phi) is 2.58. The van der Waals surface area contributed by atoms with Crippen molar-refractivity contribution in [1.82, 2.24) is 0 Å². The summed E-state index contributed by atoms with van der Waals surface area (Å²) in [5.74, 6) is 3.79. The molecule has 2 aliphatic rings. The van der Waals surface area contributed by atoms with Crippen LogP contribution in [0.2, 0.25) is 0 Å². The second kappa shape index (κ2) is 4.10. The maximum absolute atomic E-state index is 6.11. The Morgan fingerprint density at radius 1 is 1.00 bits per heavy atom. The topological polar surface area (TPSA) is 18.5 Å². The lowest BCUT2D eigenvalue weighted by molar-refractivity contribution is 0.130. The predicted octanol–water partition coefficient (Wildman–Crippen LogP) is 3.28. The van der Waals surface area contributed by atoms with E-state index < -0.39 is 0 Å². The number of rotatable bonds is 3. The summed E-state index contributed by atoms with van der Waals surface area (Å²) in [6.07, 6.45) is 6.28. The van der Waals surface area contributed by atoms with Crippen molar-refractivity contribution in [3.8, 4) is 11.5 Å². The van der Waals surface area contributed by atoms with E-state index in [4.69, 9.17) is 9.47 Å². The lowest BCUT2D eigenvalue weighted by Gasteiger charge is -2.25. The summed E-state index contributed by atoms with van der Waals surface area (Å²) in [6, 6.07) is 7.87. The van der Waals surface area contributed by atoms with Gasteiger partial charge in [0, 0.05) is 5.92 Å². The normalized spacial score (nSPS) is 34.0. The highest BCUT2D eigenvalue weighted by atomic mass is 16.5. The molecule has 0 aromatic heterocycles.